The van der Waals surface area contributed by atoms with Gasteiger partial charge >= 0.3 is 6.03 Å². The zero-order valence-electron chi connectivity index (χ0n) is 21.9. The minimum Gasteiger partial charge on any atom is -0.330 e. The molecule has 0 bridgehead atoms. The first-order valence-corrected chi connectivity index (χ1v) is 13.7. The number of imide groups is 2. The molecule has 0 unspecified atom stereocenters. The molecule has 1 aliphatic rings. The molecule has 0 saturated carbocycles. The van der Waals surface area contributed by atoms with Crippen molar-refractivity contribution in [3.05, 3.63) is 71.8 Å². The molecule has 7 nitrogen and oxygen atoms in total. The van der Waals surface area contributed by atoms with Gasteiger partial charge in [0.25, 0.3) is 0 Å². The highest BCUT2D eigenvalue weighted by molar-refractivity contribution is 6.19. The lowest BCUT2D eigenvalue weighted by atomic mass is 9.73. The van der Waals surface area contributed by atoms with Crippen LogP contribution in [0.5, 0.6) is 0 Å². The fourth-order valence-corrected chi connectivity index (χ4v) is 5.18. The highest BCUT2D eigenvalue weighted by Gasteiger charge is 2.55. The van der Waals surface area contributed by atoms with Crippen molar-refractivity contribution in [2.75, 3.05) is 26.2 Å². The molecule has 200 valence electrons. The molecule has 0 aromatic heterocycles. The Labute approximate surface area is 221 Å². The number of nitrogens with zero attached hydrogens (tertiary/aromatic N) is 2. The summed E-state index contributed by atoms with van der Waals surface area (Å²) in [6.45, 7) is 1.56. The molecule has 0 aliphatic carbocycles. The molecule has 1 heterocycles. The Morgan fingerprint density at radius 2 is 0.973 bits per heavy atom. The van der Waals surface area contributed by atoms with Crippen LogP contribution in [0, 0.1) is 5.41 Å². The van der Waals surface area contributed by atoms with Gasteiger partial charge in [-0.15, -0.1) is 0 Å². The molecule has 1 aliphatic heterocycles. The van der Waals surface area contributed by atoms with Crippen LogP contribution in [-0.4, -0.2) is 53.8 Å². The Bertz CT molecular complexity index is 917. The van der Waals surface area contributed by atoms with Gasteiger partial charge in [0.1, 0.15) is 5.41 Å². The Balaban J connectivity index is 1.87. The third-order valence-corrected chi connectivity index (χ3v) is 7.27. The lowest BCUT2D eigenvalue weighted by Gasteiger charge is -2.44. The zero-order chi connectivity index (χ0) is 26.5. The first kappa shape index (κ1) is 28.5. The number of hydrogen-bond donors (Lipinski definition) is 2. The van der Waals surface area contributed by atoms with E-state index in [4.69, 9.17) is 11.5 Å². The Kier molecular flexibility index (Phi) is 11.3. The van der Waals surface area contributed by atoms with E-state index in [9.17, 15) is 14.4 Å². The lowest BCUT2D eigenvalue weighted by Crippen LogP contribution is -2.65. The first-order chi connectivity index (χ1) is 18.0. The van der Waals surface area contributed by atoms with Crippen molar-refractivity contribution in [2.45, 2.75) is 64.2 Å². The van der Waals surface area contributed by atoms with E-state index in [1.54, 1.807) is 0 Å². The predicted octanol–water partition coefficient (Wildman–Crippen LogP) is 4.29. The number of rotatable bonds is 16. The fourth-order valence-electron chi connectivity index (χ4n) is 5.18. The van der Waals surface area contributed by atoms with Crippen LogP contribution in [0.3, 0.4) is 0 Å². The van der Waals surface area contributed by atoms with Crippen LogP contribution >= 0.6 is 0 Å². The molecule has 4 N–H and O–H groups in total. The van der Waals surface area contributed by atoms with Gasteiger partial charge in [0, 0.05) is 13.1 Å². The second-order valence-electron chi connectivity index (χ2n) is 9.95. The van der Waals surface area contributed by atoms with Crippen LogP contribution < -0.4 is 11.5 Å². The molecule has 1 fully saturated rings. The first-order valence-electron chi connectivity index (χ1n) is 13.7. The van der Waals surface area contributed by atoms with Crippen molar-refractivity contribution >= 4 is 17.8 Å². The predicted molar refractivity (Wildman–Crippen MR) is 147 cm³/mol. The standard InChI is InChI=1S/C30H42N4O3/c31-21-7-9-23-33-27(35)30(19-11-17-25-13-3-1-4-14-25,20-12-18-26-15-5-2-6-16-26)28(36)34(29(33)37)24-10-8-22-32/h1-6,13-16H,7-12,17-24,31-32H2. The average molecular weight is 507 g/mol. The molecule has 2 aromatic rings. The minimum absolute atomic E-state index is 0.286. The van der Waals surface area contributed by atoms with Gasteiger partial charge in [0.15, 0.2) is 0 Å². The third-order valence-electron chi connectivity index (χ3n) is 7.27. The van der Waals surface area contributed by atoms with E-state index in [0.717, 1.165) is 12.8 Å². The third kappa shape index (κ3) is 7.49. The molecule has 2 aromatic carbocycles. The van der Waals surface area contributed by atoms with E-state index in [1.165, 1.54) is 20.9 Å². The highest BCUT2D eigenvalue weighted by Crippen LogP contribution is 2.39. The van der Waals surface area contributed by atoms with Gasteiger partial charge in [0.05, 0.1) is 0 Å². The van der Waals surface area contributed by atoms with E-state index in [1.807, 2.05) is 36.4 Å². The van der Waals surface area contributed by atoms with E-state index in [0.29, 0.717) is 64.5 Å². The fraction of sp³-hybridized carbons (Fsp3) is 0.500. The number of benzene rings is 2. The molecule has 37 heavy (non-hydrogen) atoms. The van der Waals surface area contributed by atoms with Crippen molar-refractivity contribution in [1.82, 2.24) is 9.80 Å². The van der Waals surface area contributed by atoms with Gasteiger partial charge < -0.3 is 11.5 Å². The molecule has 0 atom stereocenters. The quantitative estimate of drug-likeness (QED) is 0.261. The molecule has 0 radical (unpaired) electrons. The summed E-state index contributed by atoms with van der Waals surface area (Å²) in [6, 6.07) is 19.7. The van der Waals surface area contributed by atoms with Crippen molar-refractivity contribution in [3.8, 4) is 0 Å². The maximum atomic E-state index is 14.0. The summed E-state index contributed by atoms with van der Waals surface area (Å²) < 4.78 is 0. The molecule has 7 heteroatoms. The minimum atomic E-state index is -1.23. The van der Waals surface area contributed by atoms with Gasteiger partial charge in [0.2, 0.25) is 11.8 Å². The van der Waals surface area contributed by atoms with E-state index >= 15 is 0 Å². The van der Waals surface area contributed by atoms with E-state index in [-0.39, 0.29) is 24.9 Å². The number of nitrogens with two attached hydrogens (primary N) is 2. The number of urea groups is 1. The largest absolute Gasteiger partial charge is 0.333 e. The Morgan fingerprint density at radius 3 is 1.35 bits per heavy atom. The molecular formula is C30H42N4O3. The number of unbranched alkanes of at least 4 members (excludes halogenated alkanes) is 2. The van der Waals surface area contributed by atoms with Crippen LogP contribution in [0.2, 0.25) is 0 Å². The van der Waals surface area contributed by atoms with Gasteiger partial charge in [-0.3, -0.25) is 19.4 Å². The second-order valence-corrected chi connectivity index (χ2v) is 9.95. The van der Waals surface area contributed by atoms with Crippen LogP contribution in [0.4, 0.5) is 4.79 Å². The molecule has 3 rings (SSSR count). The van der Waals surface area contributed by atoms with Crippen LogP contribution in [0.1, 0.15) is 62.5 Å². The number of aryl methyl sites for hydroxylation is 2. The summed E-state index contributed by atoms with van der Waals surface area (Å²) in [7, 11) is 0. The molecule has 1 saturated heterocycles. The maximum Gasteiger partial charge on any atom is 0.333 e. The Hall–Kier alpha value is -3.03. The van der Waals surface area contributed by atoms with Gasteiger partial charge in [-0.2, -0.15) is 0 Å². The van der Waals surface area contributed by atoms with Crippen LogP contribution in [-0.2, 0) is 22.4 Å². The molecule has 0 spiro atoms. The summed E-state index contributed by atoms with van der Waals surface area (Å²) in [5, 5.41) is 0. The number of carbonyl (C=O) groups excluding carboxylic acids is 3. The summed E-state index contributed by atoms with van der Waals surface area (Å²) in [5.74, 6) is -0.675. The normalized spacial score (nSPS) is 15.5. The Morgan fingerprint density at radius 1 is 0.568 bits per heavy atom. The second kappa shape index (κ2) is 14.6. The number of hydrogen-bond acceptors (Lipinski definition) is 5. The summed E-state index contributed by atoms with van der Waals surface area (Å²) in [4.78, 5) is 44.1. The number of carbonyl (C=O) groups is 3. The summed E-state index contributed by atoms with van der Waals surface area (Å²) in [5.41, 5.74) is 12.5. The van der Waals surface area contributed by atoms with E-state index < -0.39 is 11.4 Å². The van der Waals surface area contributed by atoms with E-state index in [2.05, 4.69) is 24.3 Å². The van der Waals surface area contributed by atoms with Gasteiger partial charge in [-0.1, -0.05) is 60.7 Å². The van der Waals surface area contributed by atoms with Crippen molar-refractivity contribution < 1.29 is 14.4 Å². The van der Waals surface area contributed by atoms with Gasteiger partial charge in [-0.25, -0.2) is 4.79 Å². The SMILES string of the molecule is NCCCCN1C(=O)N(CCCCN)C(=O)C(CCCc2ccccc2)(CCCc2ccccc2)C1=O. The van der Waals surface area contributed by atoms with Crippen molar-refractivity contribution in [1.29, 1.82) is 0 Å². The topological polar surface area (TPSA) is 110 Å². The molecule has 4 amide bonds. The van der Waals surface area contributed by atoms with Crippen molar-refractivity contribution in [2.24, 2.45) is 16.9 Å². The maximum absolute atomic E-state index is 14.0. The van der Waals surface area contributed by atoms with Crippen LogP contribution in [0.25, 0.3) is 0 Å². The van der Waals surface area contributed by atoms with Gasteiger partial charge in [-0.05, 0) is 88.4 Å². The monoisotopic (exact) mass is 506 g/mol. The lowest BCUT2D eigenvalue weighted by molar-refractivity contribution is -0.160. The summed E-state index contributed by atoms with van der Waals surface area (Å²) in [6.07, 6.45) is 6.45. The number of barbiturate groups is 1. The summed E-state index contributed by atoms with van der Waals surface area (Å²) >= 11 is 0. The average Bonchev–Trinajstić information content (AvgIpc) is 2.92. The zero-order valence-corrected chi connectivity index (χ0v) is 21.9. The highest BCUT2D eigenvalue weighted by atomic mass is 16.2. The smallest absolute Gasteiger partial charge is 0.330 e. The molecular weight excluding hydrogens is 464 g/mol. The number of amides is 4. The van der Waals surface area contributed by atoms with Crippen molar-refractivity contribution in [3.63, 3.8) is 0 Å². The van der Waals surface area contributed by atoms with Crippen LogP contribution in [0.15, 0.2) is 60.7 Å².